The van der Waals surface area contributed by atoms with Crippen molar-refractivity contribution in [3.05, 3.63) is 115 Å². The van der Waals surface area contributed by atoms with Crippen LogP contribution in [-0.4, -0.2) is 34.7 Å². The SMILES string of the molecule is C#CC#CC#CC.N[C@@H](Cc1ccccc1)C(=O)N1C2CCCCCC1/C(=C\c1ccc(Cl)c(Cl)c1)C(=O)/C2=C/c1ccc(Cl)c(Cl)c1. The minimum absolute atomic E-state index is 0.0975. The number of fused-ring (bicyclic) bond motifs is 2. The normalized spacial score (nSPS) is 19.3. The zero-order valence-corrected chi connectivity index (χ0v) is 29.4. The van der Waals surface area contributed by atoms with Gasteiger partial charge in [-0.3, -0.25) is 9.59 Å². The van der Waals surface area contributed by atoms with Gasteiger partial charge in [0, 0.05) is 11.1 Å². The average Bonchev–Trinajstić information content (AvgIpc) is 3.06. The van der Waals surface area contributed by atoms with Crippen LogP contribution >= 0.6 is 46.4 Å². The Morgan fingerprint density at radius 1 is 0.833 bits per heavy atom. The van der Waals surface area contributed by atoms with Gasteiger partial charge in [-0.2, -0.15) is 0 Å². The van der Waals surface area contributed by atoms with E-state index in [0.717, 1.165) is 36.0 Å². The molecule has 2 N–H and O–H groups in total. The number of halogens is 4. The predicted octanol–water partition coefficient (Wildman–Crippen LogP) is 9.10. The first-order valence-corrected chi connectivity index (χ1v) is 17.0. The molecule has 8 heteroatoms. The molecule has 2 aliphatic heterocycles. The van der Waals surface area contributed by atoms with Crippen LogP contribution in [-0.2, 0) is 16.0 Å². The van der Waals surface area contributed by atoms with Gasteiger partial charge in [0.2, 0.25) is 5.91 Å². The monoisotopic (exact) mass is 714 g/mol. The van der Waals surface area contributed by atoms with E-state index in [9.17, 15) is 9.59 Å². The predicted molar refractivity (Wildman–Crippen MR) is 200 cm³/mol. The number of nitrogens with zero attached hydrogens (tertiary/aromatic N) is 1. The molecule has 1 amide bonds. The number of benzene rings is 3. The summed E-state index contributed by atoms with van der Waals surface area (Å²) in [6, 6.07) is 18.7. The summed E-state index contributed by atoms with van der Waals surface area (Å²) in [7, 11) is 0. The highest BCUT2D eigenvalue weighted by Crippen LogP contribution is 2.39. The van der Waals surface area contributed by atoms with E-state index in [1.165, 1.54) is 0 Å². The van der Waals surface area contributed by atoms with Gasteiger partial charge in [-0.15, -0.1) is 6.42 Å². The number of hydrogen-bond donors (Lipinski definition) is 1. The third-order valence-electron chi connectivity index (χ3n) is 8.09. The first kappa shape index (κ1) is 36.9. The number of nitrogens with two attached hydrogens (primary N) is 1. The van der Waals surface area contributed by atoms with Gasteiger partial charge in [0.05, 0.1) is 38.2 Å². The molecule has 2 aliphatic rings. The van der Waals surface area contributed by atoms with Gasteiger partial charge in [-0.1, -0.05) is 114 Å². The molecule has 0 radical (unpaired) electrons. The van der Waals surface area contributed by atoms with Crippen LogP contribution in [0, 0.1) is 36.0 Å². The number of carbonyl (C=O) groups excluding carboxylic acids is 2. The molecule has 244 valence electrons. The third-order valence-corrected chi connectivity index (χ3v) is 9.57. The molecule has 3 atom stereocenters. The topological polar surface area (TPSA) is 63.4 Å². The fourth-order valence-corrected chi connectivity index (χ4v) is 6.51. The van der Waals surface area contributed by atoms with Crippen LogP contribution in [0.5, 0.6) is 0 Å². The summed E-state index contributed by atoms with van der Waals surface area (Å²) < 4.78 is 0. The van der Waals surface area contributed by atoms with Crippen molar-refractivity contribution in [1.29, 1.82) is 0 Å². The second kappa shape index (κ2) is 18.0. The zero-order chi connectivity index (χ0) is 34.6. The molecule has 3 aromatic rings. The Morgan fingerprint density at radius 2 is 1.38 bits per heavy atom. The third kappa shape index (κ3) is 9.58. The Morgan fingerprint density at radius 3 is 1.85 bits per heavy atom. The molecule has 0 spiro atoms. The maximum Gasteiger partial charge on any atom is 0.240 e. The summed E-state index contributed by atoms with van der Waals surface area (Å²) in [6.45, 7) is 1.71. The van der Waals surface area contributed by atoms with Gasteiger partial charge >= 0.3 is 0 Å². The first-order valence-electron chi connectivity index (χ1n) is 15.5. The number of rotatable bonds is 5. The molecule has 2 unspecified atom stereocenters. The van der Waals surface area contributed by atoms with E-state index >= 15 is 0 Å². The van der Waals surface area contributed by atoms with Crippen LogP contribution in [0.1, 0.15) is 55.7 Å². The summed E-state index contributed by atoms with van der Waals surface area (Å²) in [5.74, 6) is 11.7. The van der Waals surface area contributed by atoms with E-state index in [-0.39, 0.29) is 11.7 Å². The van der Waals surface area contributed by atoms with Crippen molar-refractivity contribution < 1.29 is 9.59 Å². The minimum Gasteiger partial charge on any atom is -0.327 e. The Kier molecular flexibility index (Phi) is 13.8. The van der Waals surface area contributed by atoms with Crippen LogP contribution in [0.4, 0.5) is 0 Å². The molecule has 48 heavy (non-hydrogen) atoms. The van der Waals surface area contributed by atoms with E-state index in [2.05, 4.69) is 29.6 Å². The fraction of sp³-hybridized carbons (Fsp3) is 0.250. The molecule has 2 bridgehead atoms. The Labute approximate surface area is 303 Å². The standard InChI is InChI=1S/C33H30Cl4N2O2.C7H4/c34-25-13-11-21(17-27(25)36)15-23-30-9-5-2-6-10-31(24(32(23)40)16-22-12-14-26(35)28(37)18-22)39(30)33(41)29(38)19-20-7-3-1-4-8-20;1-3-5-7-6-4-2/h1,3-4,7-8,11-18,29-31H,2,5-6,9-10,19,38H2;1H,2H3/b23-15+,24-16+;/t29-,30?,31?;/m0./s1. The van der Waals surface area contributed by atoms with Crippen LogP contribution in [0.15, 0.2) is 77.9 Å². The van der Waals surface area contributed by atoms with Gasteiger partial charge in [-0.05, 0) is 103 Å². The van der Waals surface area contributed by atoms with Crippen molar-refractivity contribution in [3.63, 3.8) is 0 Å². The number of carbonyl (C=O) groups is 2. The number of amides is 1. The summed E-state index contributed by atoms with van der Waals surface area (Å²) in [5, 5.41) is 1.64. The zero-order valence-electron chi connectivity index (χ0n) is 26.4. The van der Waals surface area contributed by atoms with E-state index in [0.29, 0.717) is 50.5 Å². The molecule has 0 aliphatic carbocycles. The number of ketones is 1. The molecule has 2 heterocycles. The maximum atomic E-state index is 14.3. The molecule has 3 aromatic carbocycles. The Bertz CT molecular complexity index is 1810. The molecule has 0 aromatic heterocycles. The van der Waals surface area contributed by atoms with Gasteiger partial charge < -0.3 is 10.6 Å². The van der Waals surface area contributed by atoms with Gasteiger partial charge in [0.25, 0.3) is 0 Å². The van der Waals surface area contributed by atoms with Gasteiger partial charge in [-0.25, -0.2) is 0 Å². The highest BCUT2D eigenvalue weighted by atomic mass is 35.5. The van der Waals surface area contributed by atoms with Crippen LogP contribution in [0.25, 0.3) is 12.2 Å². The number of Topliss-reactive ketones (excluding diaryl/α,β-unsaturated/α-hetero) is 1. The number of piperidine rings is 1. The molecular formula is C40H34Cl4N2O2. The van der Waals surface area contributed by atoms with Crippen molar-refractivity contribution in [2.75, 3.05) is 0 Å². The molecular weight excluding hydrogens is 682 g/mol. The molecule has 5 rings (SSSR count). The van der Waals surface area contributed by atoms with Crippen LogP contribution < -0.4 is 5.73 Å². The maximum absolute atomic E-state index is 14.3. The molecule has 4 nitrogen and oxygen atoms in total. The Hall–Kier alpha value is -3.92. The van der Waals surface area contributed by atoms with Crippen molar-refractivity contribution in [3.8, 4) is 36.0 Å². The van der Waals surface area contributed by atoms with Crippen molar-refractivity contribution in [1.82, 2.24) is 4.90 Å². The second-order valence-electron chi connectivity index (χ2n) is 11.4. The lowest BCUT2D eigenvalue weighted by Crippen LogP contribution is -2.59. The largest absolute Gasteiger partial charge is 0.327 e. The lowest BCUT2D eigenvalue weighted by molar-refractivity contribution is -0.138. The fourth-order valence-electron chi connectivity index (χ4n) is 5.90. The van der Waals surface area contributed by atoms with E-state index in [1.54, 1.807) is 31.2 Å². The highest BCUT2D eigenvalue weighted by Gasteiger charge is 2.45. The highest BCUT2D eigenvalue weighted by molar-refractivity contribution is 6.42. The van der Waals surface area contributed by atoms with Gasteiger partial charge in [0.15, 0.2) is 5.78 Å². The summed E-state index contributed by atoms with van der Waals surface area (Å²) in [6.07, 6.45) is 13.0. The van der Waals surface area contributed by atoms with E-state index < -0.39 is 18.1 Å². The van der Waals surface area contributed by atoms with Crippen molar-refractivity contribution in [2.24, 2.45) is 5.73 Å². The number of terminal acetylenes is 1. The quantitative estimate of drug-likeness (QED) is 0.212. The van der Waals surface area contributed by atoms with Crippen molar-refractivity contribution in [2.45, 2.75) is 63.6 Å². The smallest absolute Gasteiger partial charge is 0.240 e. The van der Waals surface area contributed by atoms with E-state index in [4.69, 9.17) is 58.6 Å². The molecule has 2 fully saturated rings. The first-order chi connectivity index (χ1) is 23.1. The summed E-state index contributed by atoms with van der Waals surface area (Å²) in [4.78, 5) is 30.4. The summed E-state index contributed by atoms with van der Waals surface area (Å²) >= 11 is 25.0. The Balaban J connectivity index is 0.000000671. The lowest BCUT2D eigenvalue weighted by Gasteiger charge is -2.46. The lowest BCUT2D eigenvalue weighted by atomic mass is 9.77. The van der Waals surface area contributed by atoms with Crippen molar-refractivity contribution >= 4 is 70.2 Å². The second-order valence-corrected chi connectivity index (χ2v) is 13.0. The average molecular weight is 717 g/mol. The van der Waals surface area contributed by atoms with Gasteiger partial charge in [0.1, 0.15) is 0 Å². The van der Waals surface area contributed by atoms with Crippen LogP contribution in [0.2, 0.25) is 20.1 Å². The van der Waals surface area contributed by atoms with E-state index in [1.807, 2.05) is 59.5 Å². The summed E-state index contributed by atoms with van der Waals surface area (Å²) in [5.41, 5.74) is 10.1. The minimum atomic E-state index is -0.757. The number of hydrogen-bond acceptors (Lipinski definition) is 3. The molecule has 0 saturated carbocycles. The molecule has 2 saturated heterocycles. The van der Waals surface area contributed by atoms with Crippen LogP contribution in [0.3, 0.4) is 0 Å².